The molecule has 0 amide bonds. The molecule has 250 valence electrons. The lowest BCUT2D eigenvalue weighted by Crippen LogP contribution is -2.63. The predicted molar refractivity (Wildman–Crippen MR) is 167 cm³/mol. The average molecular weight is 618 g/mol. The summed E-state index contributed by atoms with van der Waals surface area (Å²) >= 11 is 0. The Bertz CT molecular complexity index is 954. The highest BCUT2D eigenvalue weighted by Crippen LogP contribution is 2.69. The third kappa shape index (κ3) is 7.50. The smallest absolute Gasteiger partial charge is 0.111 e. The molecular formula is C36H57O8-. The summed E-state index contributed by atoms with van der Waals surface area (Å²) in [5.74, 6) is 1.44. The van der Waals surface area contributed by atoms with E-state index >= 15 is 0 Å². The van der Waals surface area contributed by atoms with Crippen LogP contribution in [0.25, 0.3) is 0 Å². The summed E-state index contributed by atoms with van der Waals surface area (Å²) in [6, 6.07) is 0. The van der Waals surface area contributed by atoms with Crippen LogP contribution in [-0.2, 0) is 33.2 Å². The van der Waals surface area contributed by atoms with E-state index in [1.807, 2.05) is 0 Å². The summed E-state index contributed by atoms with van der Waals surface area (Å²) in [6.07, 6.45) is 12.9. The Morgan fingerprint density at radius 2 is 1.48 bits per heavy atom. The number of fused-ring (bicyclic) bond motifs is 5. The Morgan fingerprint density at radius 3 is 2.11 bits per heavy atom. The number of aliphatic carboxylic acids is 1. The van der Waals surface area contributed by atoms with Crippen LogP contribution in [0.4, 0.5) is 0 Å². The third-order valence-corrected chi connectivity index (χ3v) is 12.2. The molecule has 8 nitrogen and oxygen atoms in total. The normalized spacial score (nSPS) is 38.3. The SMILES string of the molecule is C=COCCOC1CCC2(C)C(C1)CC(OCCOC=C)C1C2CC(OCCOC=C)C2(C)C(C(C)CCC(=O)[O-])CCC12. The van der Waals surface area contributed by atoms with Crippen LogP contribution in [0, 0.1) is 46.3 Å². The van der Waals surface area contributed by atoms with Crippen LogP contribution >= 0.6 is 0 Å². The zero-order valence-electron chi connectivity index (χ0n) is 27.4. The van der Waals surface area contributed by atoms with Crippen molar-refractivity contribution in [3.63, 3.8) is 0 Å². The molecule has 4 aliphatic carbocycles. The summed E-state index contributed by atoms with van der Waals surface area (Å²) < 4.78 is 36.1. The van der Waals surface area contributed by atoms with Gasteiger partial charge in [0, 0.05) is 11.4 Å². The first-order valence-electron chi connectivity index (χ1n) is 16.9. The van der Waals surface area contributed by atoms with E-state index in [4.69, 9.17) is 28.4 Å². The summed E-state index contributed by atoms with van der Waals surface area (Å²) in [4.78, 5) is 11.4. The molecule has 11 unspecified atom stereocenters. The average Bonchev–Trinajstić information content (AvgIpc) is 3.36. The maximum atomic E-state index is 11.4. The standard InChI is InChI=1S/C36H58O8/c1-7-39-16-19-42-27-14-15-35(5)26(22-27)23-31(43-20-17-40-8-2)34-29-12-11-28(25(4)10-13-33(37)38)36(29,6)32(24-30(34)35)44-21-18-41-9-3/h7-9,25-32,34H,1-3,10-24H2,4-6H3,(H,37,38)/p-1. The molecule has 11 atom stereocenters. The van der Waals surface area contributed by atoms with Gasteiger partial charge in [0.1, 0.15) is 19.8 Å². The van der Waals surface area contributed by atoms with Crippen LogP contribution in [-0.4, -0.2) is 63.9 Å². The maximum absolute atomic E-state index is 11.4. The van der Waals surface area contributed by atoms with Crippen molar-refractivity contribution in [3.8, 4) is 0 Å². The molecule has 44 heavy (non-hydrogen) atoms. The van der Waals surface area contributed by atoms with E-state index in [2.05, 4.69) is 40.5 Å². The molecule has 0 radical (unpaired) electrons. The molecule has 0 saturated heterocycles. The molecule has 4 fully saturated rings. The third-order valence-electron chi connectivity index (χ3n) is 12.2. The minimum Gasteiger partial charge on any atom is -0.550 e. The van der Waals surface area contributed by atoms with Crippen LogP contribution < -0.4 is 5.11 Å². The van der Waals surface area contributed by atoms with Gasteiger partial charge in [-0.25, -0.2) is 0 Å². The molecule has 4 saturated carbocycles. The van der Waals surface area contributed by atoms with Gasteiger partial charge in [-0.2, -0.15) is 0 Å². The molecule has 0 aliphatic heterocycles. The minimum absolute atomic E-state index is 0.0606. The van der Waals surface area contributed by atoms with Crippen LogP contribution in [0.3, 0.4) is 0 Å². The van der Waals surface area contributed by atoms with Crippen LogP contribution in [0.5, 0.6) is 0 Å². The number of carboxylic acids is 1. The fourth-order valence-corrected chi connectivity index (χ4v) is 10.2. The van der Waals surface area contributed by atoms with Gasteiger partial charge in [0.15, 0.2) is 0 Å². The first-order valence-corrected chi connectivity index (χ1v) is 16.9. The second-order valence-electron chi connectivity index (χ2n) is 14.1. The fraction of sp³-hybridized carbons (Fsp3) is 0.806. The second-order valence-corrected chi connectivity index (χ2v) is 14.1. The summed E-state index contributed by atoms with van der Waals surface area (Å²) in [6.45, 7) is 21.3. The fourth-order valence-electron chi connectivity index (χ4n) is 10.2. The molecule has 8 heteroatoms. The van der Waals surface area contributed by atoms with Gasteiger partial charge in [-0.3, -0.25) is 0 Å². The first-order chi connectivity index (χ1) is 21.2. The Balaban J connectivity index is 1.63. The van der Waals surface area contributed by atoms with Crippen LogP contribution in [0.15, 0.2) is 38.5 Å². The lowest BCUT2D eigenvalue weighted by molar-refractivity contribution is -0.306. The molecule has 0 aromatic carbocycles. The highest BCUT2D eigenvalue weighted by molar-refractivity contribution is 5.64. The first kappa shape index (κ1) is 34.8. The van der Waals surface area contributed by atoms with Gasteiger partial charge in [0.2, 0.25) is 0 Å². The van der Waals surface area contributed by atoms with Crippen molar-refractivity contribution in [2.24, 2.45) is 46.3 Å². The molecule has 4 rings (SSSR count). The largest absolute Gasteiger partial charge is 0.550 e. The van der Waals surface area contributed by atoms with Gasteiger partial charge < -0.3 is 38.3 Å². The van der Waals surface area contributed by atoms with Crippen molar-refractivity contribution >= 4 is 5.97 Å². The highest BCUT2D eigenvalue weighted by atomic mass is 16.5. The summed E-state index contributed by atoms with van der Waals surface area (Å²) in [7, 11) is 0. The molecule has 0 spiro atoms. The summed E-state index contributed by atoms with van der Waals surface area (Å²) in [5.41, 5.74) is 0.0768. The number of carboxylic acid groups (broad SMARTS) is 1. The molecular weight excluding hydrogens is 560 g/mol. The van der Waals surface area contributed by atoms with Gasteiger partial charge in [0.05, 0.1) is 56.9 Å². The van der Waals surface area contributed by atoms with Crippen LogP contribution in [0.1, 0.15) is 78.6 Å². The molecule has 4 aliphatic rings. The van der Waals surface area contributed by atoms with Crippen molar-refractivity contribution in [1.82, 2.24) is 0 Å². The van der Waals surface area contributed by atoms with Crippen molar-refractivity contribution < 1.29 is 38.3 Å². The van der Waals surface area contributed by atoms with Crippen molar-refractivity contribution in [2.45, 2.75) is 96.9 Å². The molecule has 0 heterocycles. The number of rotatable bonds is 19. The maximum Gasteiger partial charge on any atom is 0.111 e. The zero-order chi connectivity index (χ0) is 31.7. The van der Waals surface area contributed by atoms with E-state index < -0.39 is 5.97 Å². The van der Waals surface area contributed by atoms with E-state index in [-0.39, 0.29) is 41.5 Å². The lowest BCUT2D eigenvalue weighted by Gasteiger charge is -2.64. The van der Waals surface area contributed by atoms with E-state index in [1.54, 1.807) is 0 Å². The van der Waals surface area contributed by atoms with Gasteiger partial charge in [-0.05, 0) is 98.7 Å². The Labute approximate surface area is 265 Å². The molecule has 0 aromatic heterocycles. The second kappa shape index (κ2) is 16.0. The lowest BCUT2D eigenvalue weighted by atomic mass is 9.43. The number of hydrogen-bond acceptors (Lipinski definition) is 8. The zero-order valence-corrected chi connectivity index (χ0v) is 27.4. The number of carbonyl (C=O) groups is 1. The highest BCUT2D eigenvalue weighted by Gasteiger charge is 2.66. The van der Waals surface area contributed by atoms with Gasteiger partial charge in [0.25, 0.3) is 0 Å². The van der Waals surface area contributed by atoms with E-state index in [0.29, 0.717) is 75.7 Å². The van der Waals surface area contributed by atoms with Crippen LogP contribution in [0.2, 0.25) is 0 Å². The molecule has 0 N–H and O–H groups in total. The quantitative estimate of drug-likeness (QED) is 0.135. The number of hydrogen-bond donors (Lipinski definition) is 0. The number of ether oxygens (including phenoxy) is 6. The van der Waals surface area contributed by atoms with E-state index in [0.717, 1.165) is 44.9 Å². The van der Waals surface area contributed by atoms with Crippen molar-refractivity contribution in [3.05, 3.63) is 38.5 Å². The predicted octanol–water partition coefficient (Wildman–Crippen LogP) is 5.67. The molecule has 0 bridgehead atoms. The van der Waals surface area contributed by atoms with Crippen molar-refractivity contribution in [2.75, 3.05) is 39.6 Å². The minimum atomic E-state index is -0.969. The van der Waals surface area contributed by atoms with Gasteiger partial charge >= 0.3 is 0 Å². The van der Waals surface area contributed by atoms with E-state index in [9.17, 15) is 9.90 Å². The van der Waals surface area contributed by atoms with Gasteiger partial charge in [-0.1, -0.05) is 40.5 Å². The Kier molecular flexibility index (Phi) is 12.7. The monoisotopic (exact) mass is 617 g/mol. The number of carbonyl (C=O) groups excluding carboxylic acids is 1. The topological polar surface area (TPSA) is 95.5 Å². The van der Waals surface area contributed by atoms with Crippen molar-refractivity contribution in [1.29, 1.82) is 0 Å². The molecule has 0 aromatic rings. The van der Waals surface area contributed by atoms with Gasteiger partial charge in [-0.15, -0.1) is 0 Å². The van der Waals surface area contributed by atoms with E-state index in [1.165, 1.54) is 18.8 Å². The summed E-state index contributed by atoms with van der Waals surface area (Å²) in [5, 5.41) is 11.4. The Hall–Kier alpha value is -2.03. The Morgan fingerprint density at radius 1 is 0.841 bits per heavy atom.